The Balaban J connectivity index is 2.13. The first kappa shape index (κ1) is 17.3. The van der Waals surface area contributed by atoms with Gasteiger partial charge in [-0.25, -0.2) is 0 Å². The first-order valence-electron chi connectivity index (χ1n) is 7.35. The van der Waals surface area contributed by atoms with Crippen LogP contribution in [0, 0.1) is 0 Å². The molecule has 0 radical (unpaired) electrons. The van der Waals surface area contributed by atoms with Crippen LogP contribution in [0.3, 0.4) is 0 Å². The lowest BCUT2D eigenvalue weighted by molar-refractivity contribution is -0.137. The number of ether oxygens (including phenoxy) is 1. The highest BCUT2D eigenvalue weighted by atomic mass is 35.5. The van der Waals surface area contributed by atoms with Gasteiger partial charge in [0.05, 0.1) is 22.4 Å². The summed E-state index contributed by atoms with van der Waals surface area (Å²) in [6, 6.07) is 5.69. The third-order valence-electron chi connectivity index (χ3n) is 3.42. The highest BCUT2D eigenvalue weighted by Gasteiger charge is 2.32. The fraction of sp³-hybridized carbons (Fsp3) is 0.250. The summed E-state index contributed by atoms with van der Waals surface area (Å²) in [5.74, 6) is 0.687. The number of fused-ring (bicyclic) bond motifs is 1. The van der Waals surface area contributed by atoms with E-state index in [1.165, 1.54) is 4.40 Å². The fourth-order valence-electron chi connectivity index (χ4n) is 2.35. The number of benzene rings is 1. The van der Waals surface area contributed by atoms with Crippen LogP contribution in [0.15, 0.2) is 30.5 Å². The van der Waals surface area contributed by atoms with E-state index in [9.17, 15) is 13.2 Å². The highest BCUT2D eigenvalue weighted by Crippen LogP contribution is 2.34. The molecule has 0 spiro atoms. The Hall–Kier alpha value is -2.48. The average Bonchev–Trinajstić information content (AvgIpc) is 2.92. The van der Waals surface area contributed by atoms with Gasteiger partial charge in [-0.15, -0.1) is 10.2 Å². The van der Waals surface area contributed by atoms with Crippen molar-refractivity contribution in [1.29, 1.82) is 0 Å². The zero-order valence-electron chi connectivity index (χ0n) is 13.3. The number of alkyl halides is 3. The number of halogens is 4. The van der Waals surface area contributed by atoms with Gasteiger partial charge in [0.25, 0.3) is 0 Å². The standard InChI is InChI=1S/C16H14ClF3N4O/c1-8(2)25-13-4-3-9(5-12(13)21)14-22-23-15-11(17)6-10(7-24(14)15)16(18,19)20/h3-8H,21H2,1-2H3. The van der Waals surface area contributed by atoms with E-state index in [4.69, 9.17) is 22.1 Å². The zero-order chi connectivity index (χ0) is 18.4. The summed E-state index contributed by atoms with van der Waals surface area (Å²) in [4.78, 5) is 0. The molecule has 0 fully saturated rings. The van der Waals surface area contributed by atoms with Gasteiger partial charge in [-0.2, -0.15) is 13.2 Å². The molecule has 3 aromatic rings. The van der Waals surface area contributed by atoms with Gasteiger partial charge in [-0.1, -0.05) is 11.6 Å². The topological polar surface area (TPSA) is 65.4 Å². The molecule has 5 nitrogen and oxygen atoms in total. The molecule has 1 aromatic carbocycles. The number of aromatic nitrogens is 3. The summed E-state index contributed by atoms with van der Waals surface area (Å²) < 4.78 is 45.8. The minimum Gasteiger partial charge on any atom is -0.489 e. The van der Waals surface area contributed by atoms with Crippen molar-refractivity contribution < 1.29 is 17.9 Å². The van der Waals surface area contributed by atoms with Gasteiger partial charge >= 0.3 is 6.18 Å². The van der Waals surface area contributed by atoms with Crippen molar-refractivity contribution in [1.82, 2.24) is 14.6 Å². The fourth-order valence-corrected chi connectivity index (χ4v) is 2.60. The van der Waals surface area contributed by atoms with E-state index in [0.717, 1.165) is 12.3 Å². The summed E-state index contributed by atoms with van der Waals surface area (Å²) in [5, 5.41) is 7.67. The van der Waals surface area contributed by atoms with E-state index in [1.54, 1.807) is 18.2 Å². The number of nitrogens with zero attached hydrogens (tertiary/aromatic N) is 3. The number of nitrogen functional groups attached to an aromatic ring is 1. The third kappa shape index (κ3) is 3.34. The van der Waals surface area contributed by atoms with Gasteiger partial charge < -0.3 is 10.5 Å². The molecular formula is C16H14ClF3N4O. The number of nitrogens with two attached hydrogens (primary N) is 1. The van der Waals surface area contributed by atoms with Crippen LogP contribution in [0.5, 0.6) is 5.75 Å². The van der Waals surface area contributed by atoms with Gasteiger partial charge in [0.2, 0.25) is 0 Å². The minimum atomic E-state index is -4.53. The molecule has 0 bridgehead atoms. The van der Waals surface area contributed by atoms with Crippen molar-refractivity contribution in [2.24, 2.45) is 0 Å². The largest absolute Gasteiger partial charge is 0.489 e. The Kier molecular flexibility index (Phi) is 4.24. The number of anilines is 1. The molecular weight excluding hydrogens is 357 g/mol. The van der Waals surface area contributed by atoms with Gasteiger partial charge in [0.15, 0.2) is 11.5 Å². The Labute approximate surface area is 146 Å². The summed E-state index contributed by atoms with van der Waals surface area (Å²) in [6.07, 6.45) is -3.69. The lowest BCUT2D eigenvalue weighted by Gasteiger charge is -2.13. The molecule has 0 aliphatic heterocycles. The van der Waals surface area contributed by atoms with E-state index >= 15 is 0 Å². The molecule has 0 amide bonds. The Bertz CT molecular complexity index is 937. The van der Waals surface area contributed by atoms with Crippen molar-refractivity contribution >= 4 is 22.9 Å². The molecule has 2 heterocycles. The van der Waals surface area contributed by atoms with E-state index in [1.807, 2.05) is 13.8 Å². The molecule has 132 valence electrons. The number of hydrogen-bond acceptors (Lipinski definition) is 4. The van der Waals surface area contributed by atoms with Crippen LogP contribution in [-0.4, -0.2) is 20.7 Å². The van der Waals surface area contributed by atoms with E-state index in [-0.39, 0.29) is 22.6 Å². The summed E-state index contributed by atoms with van der Waals surface area (Å²) in [6.45, 7) is 3.72. The van der Waals surface area contributed by atoms with Crippen LogP contribution in [0.4, 0.5) is 18.9 Å². The van der Waals surface area contributed by atoms with E-state index < -0.39 is 11.7 Å². The molecule has 0 aliphatic rings. The summed E-state index contributed by atoms with van der Waals surface area (Å²) >= 11 is 5.91. The molecule has 2 N–H and O–H groups in total. The van der Waals surface area contributed by atoms with Crippen LogP contribution in [0.25, 0.3) is 17.0 Å². The molecule has 2 aromatic heterocycles. The van der Waals surface area contributed by atoms with Crippen molar-refractivity contribution in [3.63, 3.8) is 0 Å². The van der Waals surface area contributed by atoms with Crippen molar-refractivity contribution in [2.45, 2.75) is 26.1 Å². The number of pyridine rings is 1. The molecule has 9 heteroatoms. The van der Waals surface area contributed by atoms with E-state index in [2.05, 4.69) is 10.2 Å². The van der Waals surface area contributed by atoms with Gasteiger partial charge in [0, 0.05) is 11.8 Å². The first-order valence-corrected chi connectivity index (χ1v) is 7.72. The number of rotatable bonds is 3. The predicted molar refractivity (Wildman–Crippen MR) is 88.6 cm³/mol. The first-order chi connectivity index (χ1) is 11.7. The molecule has 0 saturated heterocycles. The predicted octanol–water partition coefficient (Wildman–Crippen LogP) is 4.44. The molecule has 3 rings (SSSR count). The molecule has 0 aliphatic carbocycles. The van der Waals surface area contributed by atoms with Crippen LogP contribution in [0.1, 0.15) is 19.4 Å². The SMILES string of the molecule is CC(C)Oc1ccc(-c2nnc3c(Cl)cc(C(F)(F)F)cn23)cc1N. The molecule has 25 heavy (non-hydrogen) atoms. The molecule has 0 unspecified atom stereocenters. The Morgan fingerprint density at radius 3 is 2.52 bits per heavy atom. The quantitative estimate of drug-likeness (QED) is 0.692. The van der Waals surface area contributed by atoms with Gasteiger partial charge in [-0.3, -0.25) is 4.40 Å². The normalized spacial score (nSPS) is 12.1. The van der Waals surface area contributed by atoms with Crippen molar-refractivity contribution in [2.75, 3.05) is 5.73 Å². The van der Waals surface area contributed by atoms with Gasteiger partial charge in [0.1, 0.15) is 5.75 Å². The second kappa shape index (κ2) is 6.11. The smallest absolute Gasteiger partial charge is 0.417 e. The lowest BCUT2D eigenvalue weighted by Crippen LogP contribution is -2.08. The second-order valence-corrected chi connectivity index (χ2v) is 6.12. The molecule has 0 saturated carbocycles. The second-order valence-electron chi connectivity index (χ2n) is 5.71. The number of hydrogen-bond donors (Lipinski definition) is 1. The maximum Gasteiger partial charge on any atom is 0.417 e. The average molecular weight is 371 g/mol. The monoisotopic (exact) mass is 370 g/mol. The summed E-state index contributed by atoms with van der Waals surface area (Å²) in [5.41, 5.74) is 6.05. The minimum absolute atomic E-state index is 0.0600. The maximum absolute atomic E-state index is 13.0. The van der Waals surface area contributed by atoms with Crippen molar-refractivity contribution in [3.05, 3.63) is 41.0 Å². The zero-order valence-corrected chi connectivity index (χ0v) is 14.1. The molecule has 0 atom stereocenters. The van der Waals surface area contributed by atoms with E-state index in [0.29, 0.717) is 17.0 Å². The summed E-state index contributed by atoms with van der Waals surface area (Å²) in [7, 11) is 0. The van der Waals surface area contributed by atoms with Gasteiger partial charge in [-0.05, 0) is 38.1 Å². The lowest BCUT2D eigenvalue weighted by atomic mass is 10.1. The van der Waals surface area contributed by atoms with Crippen LogP contribution in [-0.2, 0) is 6.18 Å². The van der Waals surface area contributed by atoms with Crippen molar-refractivity contribution in [3.8, 4) is 17.1 Å². The van der Waals surface area contributed by atoms with Crippen LogP contribution >= 0.6 is 11.6 Å². The Morgan fingerprint density at radius 1 is 1.20 bits per heavy atom. The van der Waals surface area contributed by atoms with Crippen LogP contribution in [0.2, 0.25) is 5.02 Å². The third-order valence-corrected chi connectivity index (χ3v) is 3.70. The van der Waals surface area contributed by atoms with Crippen LogP contribution < -0.4 is 10.5 Å². The maximum atomic E-state index is 13.0. The Morgan fingerprint density at radius 2 is 1.92 bits per heavy atom. The highest BCUT2D eigenvalue weighted by molar-refractivity contribution is 6.33.